The van der Waals surface area contributed by atoms with Gasteiger partial charge in [-0.15, -0.1) is 0 Å². The van der Waals surface area contributed by atoms with Gasteiger partial charge in [-0.2, -0.15) is 0 Å². The Morgan fingerprint density at radius 2 is 1.76 bits per heavy atom. The third kappa shape index (κ3) is 3.33. The first-order valence-corrected chi connectivity index (χ1v) is 5.66. The first kappa shape index (κ1) is 11.7. The van der Waals surface area contributed by atoms with Gasteiger partial charge in [0.25, 0.3) is 0 Å². The van der Waals surface area contributed by atoms with Crippen molar-refractivity contribution in [2.75, 3.05) is 0 Å². The summed E-state index contributed by atoms with van der Waals surface area (Å²) in [5, 5.41) is 10.3. The SMILES string of the molecule is Oc1ccccc1C=NCc1ccc(Cl)cc1. The van der Waals surface area contributed by atoms with Crippen LogP contribution in [0.4, 0.5) is 0 Å². The van der Waals surface area contributed by atoms with E-state index < -0.39 is 0 Å². The molecule has 1 N–H and O–H groups in total. The molecule has 2 aromatic carbocycles. The molecule has 17 heavy (non-hydrogen) atoms. The summed E-state index contributed by atoms with van der Waals surface area (Å²) in [6, 6.07) is 14.7. The maximum atomic E-state index is 9.54. The number of rotatable bonds is 3. The van der Waals surface area contributed by atoms with Crippen LogP contribution in [0.25, 0.3) is 0 Å². The molecule has 3 heteroatoms. The predicted molar refractivity (Wildman–Crippen MR) is 70.9 cm³/mol. The molecule has 2 nitrogen and oxygen atoms in total. The number of para-hydroxylation sites is 1. The Hall–Kier alpha value is -1.80. The van der Waals surface area contributed by atoms with E-state index in [0.29, 0.717) is 6.54 Å². The van der Waals surface area contributed by atoms with Crippen molar-refractivity contribution in [1.29, 1.82) is 0 Å². The summed E-state index contributed by atoms with van der Waals surface area (Å²) >= 11 is 5.79. The molecule has 0 saturated carbocycles. The van der Waals surface area contributed by atoms with Gasteiger partial charge in [-0.25, -0.2) is 0 Å². The highest BCUT2D eigenvalue weighted by molar-refractivity contribution is 6.30. The molecule has 0 aliphatic heterocycles. The van der Waals surface area contributed by atoms with Crippen LogP contribution in [0.5, 0.6) is 5.75 Å². The smallest absolute Gasteiger partial charge is 0.124 e. The number of phenols is 1. The van der Waals surface area contributed by atoms with Crippen LogP contribution >= 0.6 is 11.6 Å². The first-order valence-electron chi connectivity index (χ1n) is 5.28. The Morgan fingerprint density at radius 3 is 2.47 bits per heavy atom. The number of phenolic OH excluding ortho intramolecular Hbond substituents is 1. The van der Waals surface area contributed by atoms with Gasteiger partial charge in [0.15, 0.2) is 0 Å². The van der Waals surface area contributed by atoms with E-state index in [-0.39, 0.29) is 5.75 Å². The molecule has 0 unspecified atom stereocenters. The van der Waals surface area contributed by atoms with Crippen molar-refractivity contribution in [2.45, 2.75) is 6.54 Å². The van der Waals surface area contributed by atoms with Crippen molar-refractivity contribution in [2.24, 2.45) is 4.99 Å². The number of hydrogen-bond acceptors (Lipinski definition) is 2. The van der Waals surface area contributed by atoms with Crippen LogP contribution in [0.3, 0.4) is 0 Å². The van der Waals surface area contributed by atoms with E-state index in [0.717, 1.165) is 16.1 Å². The summed E-state index contributed by atoms with van der Waals surface area (Å²) in [7, 11) is 0. The second-order valence-electron chi connectivity index (χ2n) is 3.66. The molecule has 0 spiro atoms. The van der Waals surface area contributed by atoms with Crippen LogP contribution in [0.2, 0.25) is 5.02 Å². The van der Waals surface area contributed by atoms with Crippen molar-refractivity contribution in [3.05, 3.63) is 64.7 Å². The maximum absolute atomic E-state index is 9.54. The van der Waals surface area contributed by atoms with Crippen molar-refractivity contribution in [3.8, 4) is 5.75 Å². The highest BCUT2D eigenvalue weighted by atomic mass is 35.5. The topological polar surface area (TPSA) is 32.6 Å². The zero-order valence-electron chi connectivity index (χ0n) is 9.18. The summed E-state index contributed by atoms with van der Waals surface area (Å²) in [5.41, 5.74) is 1.81. The largest absolute Gasteiger partial charge is 0.507 e. The minimum Gasteiger partial charge on any atom is -0.507 e. The molecule has 2 rings (SSSR count). The van der Waals surface area contributed by atoms with Crippen LogP contribution in [0.15, 0.2) is 53.5 Å². The van der Waals surface area contributed by atoms with Crippen LogP contribution in [0, 0.1) is 0 Å². The molecule has 0 aliphatic rings. The summed E-state index contributed by atoms with van der Waals surface area (Å²) in [6.07, 6.45) is 1.67. The number of halogens is 1. The molecule has 0 bridgehead atoms. The van der Waals surface area contributed by atoms with Gasteiger partial charge >= 0.3 is 0 Å². The summed E-state index contributed by atoms with van der Waals surface area (Å²) in [6.45, 7) is 0.575. The van der Waals surface area contributed by atoms with E-state index >= 15 is 0 Å². The van der Waals surface area contributed by atoms with E-state index in [2.05, 4.69) is 4.99 Å². The Morgan fingerprint density at radius 1 is 1.06 bits per heavy atom. The van der Waals surface area contributed by atoms with Crippen LogP contribution < -0.4 is 0 Å². The fourth-order valence-electron chi connectivity index (χ4n) is 1.44. The quantitative estimate of drug-likeness (QED) is 0.823. The van der Waals surface area contributed by atoms with Gasteiger partial charge in [-0.05, 0) is 29.8 Å². The van der Waals surface area contributed by atoms with Crippen LogP contribution in [-0.4, -0.2) is 11.3 Å². The van der Waals surface area contributed by atoms with Crippen molar-refractivity contribution in [3.63, 3.8) is 0 Å². The molecule has 0 amide bonds. The first-order chi connectivity index (χ1) is 8.25. The van der Waals surface area contributed by atoms with E-state index in [1.54, 1.807) is 18.3 Å². The molecule has 2 aromatic rings. The van der Waals surface area contributed by atoms with Gasteiger partial charge in [0.1, 0.15) is 5.75 Å². The number of benzene rings is 2. The highest BCUT2D eigenvalue weighted by Crippen LogP contribution is 2.14. The zero-order valence-corrected chi connectivity index (χ0v) is 9.93. The molecule has 0 radical (unpaired) electrons. The fraction of sp³-hybridized carbons (Fsp3) is 0.0714. The Labute approximate surface area is 105 Å². The Bertz CT molecular complexity index is 520. The lowest BCUT2D eigenvalue weighted by atomic mass is 10.2. The molecule has 0 atom stereocenters. The van der Waals surface area contributed by atoms with Crippen molar-refractivity contribution >= 4 is 17.8 Å². The van der Waals surface area contributed by atoms with Gasteiger partial charge in [0, 0.05) is 16.8 Å². The molecular formula is C14H12ClNO. The Kier molecular flexibility index (Phi) is 3.78. The standard InChI is InChI=1S/C14H12ClNO/c15-13-7-5-11(6-8-13)9-16-10-12-3-1-2-4-14(12)17/h1-8,10,17H,9H2. The predicted octanol–water partition coefficient (Wildman–Crippen LogP) is 3.66. The third-order valence-corrected chi connectivity index (χ3v) is 2.61. The molecule has 0 saturated heterocycles. The average Bonchev–Trinajstić information content (AvgIpc) is 2.34. The lowest BCUT2D eigenvalue weighted by molar-refractivity contribution is 0.474. The number of nitrogens with zero attached hydrogens (tertiary/aromatic N) is 1. The Balaban J connectivity index is 2.03. The number of hydrogen-bond donors (Lipinski definition) is 1. The van der Waals surface area contributed by atoms with Gasteiger partial charge in [0.05, 0.1) is 6.54 Å². The molecule has 0 aromatic heterocycles. The lowest BCUT2D eigenvalue weighted by Gasteiger charge is -1.98. The molecule has 86 valence electrons. The zero-order chi connectivity index (χ0) is 12.1. The third-order valence-electron chi connectivity index (χ3n) is 2.35. The van der Waals surface area contributed by atoms with E-state index in [4.69, 9.17) is 11.6 Å². The fourth-order valence-corrected chi connectivity index (χ4v) is 1.56. The van der Waals surface area contributed by atoms with E-state index in [1.807, 2.05) is 36.4 Å². The minimum absolute atomic E-state index is 0.243. The summed E-state index contributed by atoms with van der Waals surface area (Å²) in [4.78, 5) is 4.27. The average molecular weight is 246 g/mol. The summed E-state index contributed by atoms with van der Waals surface area (Å²) in [5.74, 6) is 0.243. The maximum Gasteiger partial charge on any atom is 0.124 e. The van der Waals surface area contributed by atoms with Gasteiger partial charge < -0.3 is 5.11 Å². The van der Waals surface area contributed by atoms with Gasteiger partial charge in [-0.3, -0.25) is 4.99 Å². The lowest BCUT2D eigenvalue weighted by Crippen LogP contribution is -1.85. The van der Waals surface area contributed by atoms with Gasteiger partial charge in [-0.1, -0.05) is 35.9 Å². The second-order valence-corrected chi connectivity index (χ2v) is 4.09. The molecule has 0 aliphatic carbocycles. The second kappa shape index (κ2) is 5.51. The van der Waals surface area contributed by atoms with E-state index in [9.17, 15) is 5.11 Å². The van der Waals surface area contributed by atoms with E-state index in [1.165, 1.54) is 0 Å². The summed E-state index contributed by atoms with van der Waals surface area (Å²) < 4.78 is 0. The van der Waals surface area contributed by atoms with Crippen LogP contribution in [-0.2, 0) is 6.54 Å². The highest BCUT2D eigenvalue weighted by Gasteiger charge is 1.95. The molecule has 0 heterocycles. The molecule has 0 fully saturated rings. The minimum atomic E-state index is 0.243. The normalized spacial score (nSPS) is 10.9. The number of aromatic hydroxyl groups is 1. The van der Waals surface area contributed by atoms with Crippen molar-refractivity contribution in [1.82, 2.24) is 0 Å². The monoisotopic (exact) mass is 245 g/mol. The van der Waals surface area contributed by atoms with Gasteiger partial charge in [0.2, 0.25) is 0 Å². The van der Waals surface area contributed by atoms with Crippen LogP contribution in [0.1, 0.15) is 11.1 Å². The van der Waals surface area contributed by atoms with Crippen molar-refractivity contribution < 1.29 is 5.11 Å². The number of aliphatic imine (C=N–C) groups is 1. The molecular weight excluding hydrogens is 234 g/mol.